The van der Waals surface area contributed by atoms with E-state index >= 15 is 0 Å². The van der Waals surface area contributed by atoms with Crippen molar-refractivity contribution >= 4 is 52.1 Å². The van der Waals surface area contributed by atoms with Gasteiger partial charge in [0.1, 0.15) is 0 Å². The highest BCUT2D eigenvalue weighted by Crippen LogP contribution is 2.28. The van der Waals surface area contributed by atoms with Crippen LogP contribution in [-0.2, 0) is 9.53 Å². The third-order valence-electron chi connectivity index (χ3n) is 3.72. The lowest BCUT2D eigenvalue weighted by molar-refractivity contribution is -0.144. The van der Waals surface area contributed by atoms with Gasteiger partial charge in [-0.1, -0.05) is 33.1 Å². The molecule has 0 aliphatic heterocycles. The summed E-state index contributed by atoms with van der Waals surface area (Å²) >= 11 is 5.83. The van der Waals surface area contributed by atoms with Gasteiger partial charge in [0.15, 0.2) is 0 Å². The molecule has 2 nitrogen and oxygen atoms in total. The first-order valence-electron chi connectivity index (χ1n) is 8.22. The van der Waals surface area contributed by atoms with Crippen molar-refractivity contribution in [2.45, 2.75) is 55.7 Å². The molecule has 0 saturated heterocycles. The van der Waals surface area contributed by atoms with Crippen molar-refractivity contribution in [2.75, 3.05) is 18.6 Å². The van der Waals surface area contributed by atoms with E-state index in [9.17, 15) is 4.79 Å². The number of carbonyl (C=O) groups is 1. The molecule has 1 rings (SSSR count). The van der Waals surface area contributed by atoms with Crippen LogP contribution in [0.25, 0.3) is 0 Å². The number of hydrogen-bond donors (Lipinski definition) is 0. The van der Waals surface area contributed by atoms with Crippen molar-refractivity contribution in [3.63, 3.8) is 0 Å². The lowest BCUT2D eigenvalue weighted by atomic mass is 10.0. The normalized spacial score (nSPS) is 12.2. The van der Waals surface area contributed by atoms with E-state index in [-0.39, 0.29) is 5.97 Å². The summed E-state index contributed by atoms with van der Waals surface area (Å²) < 4.78 is 6.71. The molecule has 0 aromatic heterocycles. The summed E-state index contributed by atoms with van der Waals surface area (Å²) in [7, 11) is 0. The minimum atomic E-state index is -0.0666. The van der Waals surface area contributed by atoms with Gasteiger partial charge in [-0.05, 0) is 59.4 Å². The van der Waals surface area contributed by atoms with Gasteiger partial charge < -0.3 is 4.74 Å². The van der Waals surface area contributed by atoms with E-state index in [1.165, 1.54) is 26.2 Å². The average Bonchev–Trinajstić information content (AvgIpc) is 2.56. The first-order valence-corrected chi connectivity index (χ1v) is 11.5. The first-order chi connectivity index (χ1) is 11.1. The van der Waals surface area contributed by atoms with Crippen LogP contribution in [0.1, 0.15) is 46.0 Å². The summed E-state index contributed by atoms with van der Waals surface area (Å²) in [6.07, 6.45) is 7.24. The molecule has 130 valence electrons. The van der Waals surface area contributed by atoms with E-state index in [1.54, 1.807) is 23.5 Å². The molecule has 0 fully saturated rings. The highest BCUT2D eigenvalue weighted by atomic mass is 127. The monoisotopic (exact) mass is 466 g/mol. The molecule has 1 aromatic rings. The van der Waals surface area contributed by atoms with Gasteiger partial charge in [-0.15, -0.1) is 23.5 Å². The first kappa shape index (κ1) is 21.2. The Kier molecular flexibility index (Phi) is 11.5. The molecule has 5 heteroatoms. The predicted molar refractivity (Wildman–Crippen MR) is 111 cm³/mol. The molecule has 0 amide bonds. The summed E-state index contributed by atoms with van der Waals surface area (Å²) in [5.41, 5.74) is 0. The van der Waals surface area contributed by atoms with Crippen LogP contribution in [0.15, 0.2) is 28.0 Å². The second-order valence-corrected chi connectivity index (χ2v) is 8.67. The van der Waals surface area contributed by atoms with E-state index in [4.69, 9.17) is 4.74 Å². The van der Waals surface area contributed by atoms with Crippen molar-refractivity contribution in [1.82, 2.24) is 0 Å². The summed E-state index contributed by atoms with van der Waals surface area (Å²) in [6, 6.07) is 6.45. The number of halogens is 1. The molecule has 0 aliphatic rings. The number of esters is 1. The van der Waals surface area contributed by atoms with Crippen LogP contribution in [0.5, 0.6) is 0 Å². The molecule has 0 bridgehead atoms. The van der Waals surface area contributed by atoms with Crippen molar-refractivity contribution in [3.8, 4) is 0 Å². The molecule has 0 aliphatic carbocycles. The smallest absolute Gasteiger partial charge is 0.306 e. The largest absolute Gasteiger partial charge is 0.465 e. The number of hydrogen-bond acceptors (Lipinski definition) is 4. The second kappa shape index (κ2) is 12.5. The van der Waals surface area contributed by atoms with Crippen LogP contribution < -0.4 is 0 Å². The van der Waals surface area contributed by atoms with Gasteiger partial charge in [0.25, 0.3) is 0 Å². The molecule has 1 unspecified atom stereocenters. The lowest BCUT2D eigenvalue weighted by Gasteiger charge is -2.14. The molecule has 0 spiro atoms. The Bertz CT molecular complexity index is 480. The highest BCUT2D eigenvalue weighted by Gasteiger charge is 2.10. The fourth-order valence-corrected chi connectivity index (χ4v) is 4.61. The quantitative estimate of drug-likeness (QED) is 0.219. The van der Waals surface area contributed by atoms with Crippen LogP contribution in [0.4, 0.5) is 0 Å². The summed E-state index contributed by atoms with van der Waals surface area (Å²) in [6.45, 7) is 4.95. The van der Waals surface area contributed by atoms with Crippen LogP contribution in [0, 0.1) is 9.49 Å². The zero-order chi connectivity index (χ0) is 17.1. The van der Waals surface area contributed by atoms with Gasteiger partial charge >= 0.3 is 5.97 Å². The molecular formula is C18H27IO2S2. The second-order valence-electron chi connectivity index (χ2n) is 5.49. The topological polar surface area (TPSA) is 26.3 Å². The molecule has 0 radical (unpaired) electrons. The summed E-state index contributed by atoms with van der Waals surface area (Å²) in [4.78, 5) is 14.4. The van der Waals surface area contributed by atoms with Gasteiger partial charge in [-0.2, -0.15) is 0 Å². The van der Waals surface area contributed by atoms with E-state index < -0.39 is 0 Å². The third-order valence-corrected chi connectivity index (χ3v) is 6.80. The number of thioether (sulfide) groups is 2. The van der Waals surface area contributed by atoms with Gasteiger partial charge in [0.2, 0.25) is 0 Å². The third kappa shape index (κ3) is 8.68. The molecule has 0 saturated carbocycles. The molecule has 1 aromatic carbocycles. The van der Waals surface area contributed by atoms with Crippen molar-refractivity contribution < 1.29 is 9.53 Å². The minimum absolute atomic E-state index is 0.0666. The Morgan fingerprint density at radius 3 is 2.78 bits per heavy atom. The van der Waals surface area contributed by atoms with Crippen molar-refractivity contribution in [3.05, 3.63) is 21.8 Å². The van der Waals surface area contributed by atoms with Crippen molar-refractivity contribution in [1.29, 1.82) is 0 Å². The van der Waals surface area contributed by atoms with E-state index in [0.717, 1.165) is 18.6 Å². The zero-order valence-corrected chi connectivity index (χ0v) is 18.1. The lowest BCUT2D eigenvalue weighted by Crippen LogP contribution is -2.14. The fraction of sp³-hybridized carbons (Fsp3) is 0.611. The fourth-order valence-electron chi connectivity index (χ4n) is 2.16. The Hall–Kier alpha value is 0.120. The average molecular weight is 466 g/mol. The van der Waals surface area contributed by atoms with Crippen LogP contribution >= 0.6 is 46.1 Å². The number of rotatable bonds is 11. The van der Waals surface area contributed by atoms with Crippen LogP contribution in [-0.4, -0.2) is 24.6 Å². The van der Waals surface area contributed by atoms with Gasteiger partial charge in [-0.3, -0.25) is 4.79 Å². The standard InChI is InChI=1S/C18H27IO2S2/c1-4-6-7-14(5-2)13-21-18(20)10-11-23-15-8-9-16(19)17(12-15)22-3/h8-9,12,14H,4-7,10-11,13H2,1-3H3. The van der Waals surface area contributed by atoms with Gasteiger partial charge in [-0.25, -0.2) is 0 Å². The summed E-state index contributed by atoms with van der Waals surface area (Å²) in [5, 5.41) is 0. The highest BCUT2D eigenvalue weighted by molar-refractivity contribution is 14.1. The van der Waals surface area contributed by atoms with Crippen molar-refractivity contribution in [2.24, 2.45) is 5.92 Å². The minimum Gasteiger partial charge on any atom is -0.465 e. The maximum absolute atomic E-state index is 11.9. The Balaban J connectivity index is 2.28. The molecule has 0 heterocycles. The molecule has 0 N–H and O–H groups in total. The van der Waals surface area contributed by atoms with Crippen LogP contribution in [0.3, 0.4) is 0 Å². The SMILES string of the molecule is CCCCC(CC)COC(=O)CCSc1ccc(I)c(SC)c1. The van der Waals surface area contributed by atoms with Gasteiger partial charge in [0, 0.05) is 19.1 Å². The number of ether oxygens (including phenoxy) is 1. The van der Waals surface area contributed by atoms with E-state index in [1.807, 2.05) is 0 Å². The predicted octanol–water partition coefficient (Wildman–Crippen LogP) is 6.25. The Morgan fingerprint density at radius 2 is 2.13 bits per heavy atom. The maximum atomic E-state index is 11.9. The molecule has 23 heavy (non-hydrogen) atoms. The zero-order valence-electron chi connectivity index (χ0n) is 14.3. The number of benzene rings is 1. The summed E-state index contributed by atoms with van der Waals surface area (Å²) in [5.74, 6) is 1.23. The van der Waals surface area contributed by atoms with E-state index in [2.05, 4.69) is 60.9 Å². The molecule has 1 atom stereocenters. The Morgan fingerprint density at radius 1 is 1.35 bits per heavy atom. The van der Waals surface area contributed by atoms with Crippen LogP contribution in [0.2, 0.25) is 0 Å². The number of carbonyl (C=O) groups excluding carboxylic acids is 1. The maximum Gasteiger partial charge on any atom is 0.306 e. The van der Waals surface area contributed by atoms with Gasteiger partial charge in [0.05, 0.1) is 13.0 Å². The Labute approximate surface area is 163 Å². The van der Waals surface area contributed by atoms with E-state index in [0.29, 0.717) is 18.9 Å². The molecular weight excluding hydrogens is 439 g/mol. The number of unbranched alkanes of at least 4 members (excludes halogenated alkanes) is 1.